The fourth-order valence-corrected chi connectivity index (χ4v) is 2.28. The highest BCUT2D eigenvalue weighted by atomic mass is 16.5. The molecule has 6 heteroatoms. The first-order chi connectivity index (χ1) is 13.1. The number of nitrogens with one attached hydrogen (secondary N) is 1. The van der Waals surface area contributed by atoms with E-state index >= 15 is 0 Å². The summed E-state index contributed by atoms with van der Waals surface area (Å²) in [5.41, 5.74) is 1.84. The molecule has 0 heterocycles. The summed E-state index contributed by atoms with van der Waals surface area (Å²) in [7, 11) is 3.12. The first-order valence-electron chi connectivity index (χ1n) is 8.55. The normalized spacial score (nSPS) is 10.5. The third-order valence-electron chi connectivity index (χ3n) is 3.66. The number of hydrogen-bond acceptors (Lipinski definition) is 5. The molecule has 27 heavy (non-hydrogen) atoms. The van der Waals surface area contributed by atoms with E-state index in [0.717, 1.165) is 12.0 Å². The van der Waals surface area contributed by atoms with Crippen LogP contribution in [0.4, 0.5) is 5.69 Å². The van der Waals surface area contributed by atoms with Crippen LogP contribution >= 0.6 is 0 Å². The zero-order valence-corrected chi connectivity index (χ0v) is 15.7. The predicted octanol–water partition coefficient (Wildman–Crippen LogP) is 3.92. The molecule has 0 aliphatic carbocycles. The van der Waals surface area contributed by atoms with E-state index < -0.39 is 0 Å². The van der Waals surface area contributed by atoms with E-state index in [2.05, 4.69) is 5.32 Å². The summed E-state index contributed by atoms with van der Waals surface area (Å²) in [5, 5.41) is 2.74. The van der Waals surface area contributed by atoms with E-state index in [0.29, 0.717) is 29.4 Å². The first kappa shape index (κ1) is 20.0. The highest BCUT2D eigenvalue weighted by molar-refractivity contribution is 6.02. The van der Waals surface area contributed by atoms with Crippen molar-refractivity contribution in [2.45, 2.75) is 13.3 Å². The number of rotatable bonds is 8. The van der Waals surface area contributed by atoms with Crippen molar-refractivity contribution in [2.24, 2.45) is 0 Å². The Morgan fingerprint density at radius 3 is 2.33 bits per heavy atom. The molecule has 142 valence electrons. The molecule has 0 saturated carbocycles. The molecule has 0 bridgehead atoms. The zero-order valence-electron chi connectivity index (χ0n) is 15.7. The average Bonchev–Trinajstić information content (AvgIpc) is 2.70. The molecule has 0 fully saturated rings. The average molecular weight is 369 g/mol. The van der Waals surface area contributed by atoms with Crippen LogP contribution in [0.25, 0.3) is 6.08 Å². The lowest BCUT2D eigenvalue weighted by atomic mass is 10.2. The van der Waals surface area contributed by atoms with Crippen LogP contribution < -0.4 is 14.8 Å². The molecule has 0 atom stereocenters. The van der Waals surface area contributed by atoms with E-state index in [1.165, 1.54) is 6.08 Å². The van der Waals surface area contributed by atoms with Crippen molar-refractivity contribution in [1.29, 1.82) is 0 Å². The van der Waals surface area contributed by atoms with Crippen molar-refractivity contribution in [1.82, 2.24) is 0 Å². The summed E-state index contributed by atoms with van der Waals surface area (Å²) >= 11 is 0. The van der Waals surface area contributed by atoms with Gasteiger partial charge in [-0.05, 0) is 54.5 Å². The van der Waals surface area contributed by atoms with Crippen molar-refractivity contribution >= 4 is 23.6 Å². The lowest BCUT2D eigenvalue weighted by molar-refractivity contribution is -0.111. The number of carbonyl (C=O) groups is 2. The fraction of sp³-hybridized carbons (Fsp3) is 0.238. The minimum Gasteiger partial charge on any atom is -0.493 e. The van der Waals surface area contributed by atoms with E-state index in [4.69, 9.17) is 14.2 Å². The van der Waals surface area contributed by atoms with E-state index in [-0.39, 0.29) is 11.9 Å². The van der Waals surface area contributed by atoms with Gasteiger partial charge in [0.25, 0.3) is 0 Å². The lowest BCUT2D eigenvalue weighted by Crippen LogP contribution is -2.09. The highest BCUT2D eigenvalue weighted by Crippen LogP contribution is 2.27. The van der Waals surface area contributed by atoms with Crippen LogP contribution in [0, 0.1) is 0 Å². The number of methoxy groups -OCH3 is 2. The van der Waals surface area contributed by atoms with Gasteiger partial charge in [0.1, 0.15) is 0 Å². The maximum Gasteiger partial charge on any atom is 0.338 e. The number of benzene rings is 2. The monoisotopic (exact) mass is 369 g/mol. The summed E-state index contributed by atoms with van der Waals surface area (Å²) in [6.07, 6.45) is 3.87. The van der Waals surface area contributed by atoms with Crippen molar-refractivity contribution in [3.8, 4) is 11.5 Å². The molecule has 0 aliphatic rings. The van der Waals surface area contributed by atoms with Crippen LogP contribution in [0.15, 0.2) is 48.5 Å². The summed E-state index contributed by atoms with van der Waals surface area (Å²) < 4.78 is 15.5. The Balaban J connectivity index is 1.97. The largest absolute Gasteiger partial charge is 0.493 e. The molecule has 2 rings (SSSR count). The fourth-order valence-electron chi connectivity index (χ4n) is 2.28. The van der Waals surface area contributed by atoms with Gasteiger partial charge in [0.15, 0.2) is 11.5 Å². The van der Waals surface area contributed by atoms with Crippen LogP contribution in [-0.2, 0) is 9.53 Å². The first-order valence-corrected chi connectivity index (χ1v) is 8.55. The van der Waals surface area contributed by atoms with Crippen molar-refractivity contribution in [3.05, 3.63) is 59.7 Å². The minimum atomic E-state index is -0.372. The highest BCUT2D eigenvalue weighted by Gasteiger charge is 2.07. The Kier molecular flexibility index (Phi) is 7.43. The molecule has 0 aliphatic heterocycles. The second-order valence-electron chi connectivity index (χ2n) is 5.65. The van der Waals surface area contributed by atoms with Crippen LogP contribution in [0.2, 0.25) is 0 Å². The van der Waals surface area contributed by atoms with E-state index in [1.807, 2.05) is 13.0 Å². The second kappa shape index (κ2) is 10.0. The number of hydrogen-bond donors (Lipinski definition) is 1. The minimum absolute atomic E-state index is 0.286. The predicted molar refractivity (Wildman–Crippen MR) is 104 cm³/mol. The molecule has 0 radical (unpaired) electrons. The van der Waals surface area contributed by atoms with Crippen molar-refractivity contribution < 1.29 is 23.8 Å². The molecule has 2 aromatic rings. The number of carbonyl (C=O) groups excluding carboxylic acids is 2. The van der Waals surface area contributed by atoms with Gasteiger partial charge in [-0.25, -0.2) is 4.79 Å². The van der Waals surface area contributed by atoms with Crippen LogP contribution in [-0.4, -0.2) is 32.7 Å². The molecule has 1 N–H and O–H groups in total. The Hall–Kier alpha value is -3.28. The smallest absolute Gasteiger partial charge is 0.338 e. The van der Waals surface area contributed by atoms with E-state index in [9.17, 15) is 9.59 Å². The standard InChI is InChI=1S/C21H23NO5/c1-4-13-27-21(24)16-7-9-17(10-8-16)22-20(23)12-6-15-5-11-18(25-2)19(14-15)26-3/h5-12,14H,4,13H2,1-3H3,(H,22,23). The zero-order chi connectivity index (χ0) is 19.6. The summed E-state index contributed by atoms with van der Waals surface area (Å²) in [4.78, 5) is 23.8. The molecule has 0 unspecified atom stereocenters. The molecule has 0 spiro atoms. The van der Waals surface area contributed by atoms with Gasteiger partial charge >= 0.3 is 5.97 Å². The van der Waals surface area contributed by atoms with Gasteiger partial charge in [0, 0.05) is 11.8 Å². The third-order valence-corrected chi connectivity index (χ3v) is 3.66. The van der Waals surface area contributed by atoms with Gasteiger partial charge in [-0.15, -0.1) is 0 Å². The summed E-state index contributed by atoms with van der Waals surface area (Å²) in [6, 6.07) is 11.9. The van der Waals surface area contributed by atoms with Gasteiger partial charge in [-0.3, -0.25) is 4.79 Å². The van der Waals surface area contributed by atoms with Crippen LogP contribution in [0.5, 0.6) is 11.5 Å². The maximum atomic E-state index is 12.1. The topological polar surface area (TPSA) is 73.9 Å². The van der Waals surface area contributed by atoms with Gasteiger partial charge in [0.2, 0.25) is 5.91 Å². The second-order valence-corrected chi connectivity index (χ2v) is 5.65. The summed E-state index contributed by atoms with van der Waals surface area (Å²) in [6.45, 7) is 2.32. The number of anilines is 1. The molecule has 0 aromatic heterocycles. The number of ether oxygens (including phenoxy) is 3. The van der Waals surface area contributed by atoms with Crippen LogP contribution in [0.3, 0.4) is 0 Å². The lowest BCUT2D eigenvalue weighted by Gasteiger charge is -2.07. The summed E-state index contributed by atoms with van der Waals surface area (Å²) in [5.74, 6) is 0.552. The van der Waals surface area contributed by atoms with Gasteiger partial charge in [-0.2, -0.15) is 0 Å². The van der Waals surface area contributed by atoms with Gasteiger partial charge in [0.05, 0.1) is 26.4 Å². The van der Waals surface area contributed by atoms with Crippen molar-refractivity contribution in [2.75, 3.05) is 26.1 Å². The quantitative estimate of drug-likeness (QED) is 0.564. The Morgan fingerprint density at radius 1 is 1.00 bits per heavy atom. The maximum absolute atomic E-state index is 12.1. The SMILES string of the molecule is CCCOC(=O)c1ccc(NC(=O)C=Cc2ccc(OC)c(OC)c2)cc1. The Morgan fingerprint density at radius 2 is 1.70 bits per heavy atom. The molecular weight excluding hydrogens is 346 g/mol. The molecule has 2 aromatic carbocycles. The molecule has 6 nitrogen and oxygen atoms in total. The molecular formula is C21H23NO5. The van der Waals surface area contributed by atoms with Gasteiger partial charge < -0.3 is 19.5 Å². The third kappa shape index (κ3) is 5.88. The number of amides is 1. The van der Waals surface area contributed by atoms with Crippen molar-refractivity contribution in [3.63, 3.8) is 0 Å². The Bertz CT molecular complexity index is 812. The van der Waals surface area contributed by atoms with Gasteiger partial charge in [-0.1, -0.05) is 13.0 Å². The molecule has 0 saturated heterocycles. The van der Waals surface area contributed by atoms with Crippen LogP contribution in [0.1, 0.15) is 29.3 Å². The molecule has 1 amide bonds. The Labute approximate surface area is 158 Å². The van der Waals surface area contributed by atoms with E-state index in [1.54, 1.807) is 56.7 Å². The number of esters is 1.